The standard InChI is InChI=1S/C10H18N2O2/c1-3-9(13)11-8(2)10(14)12-6-4-5-7-12/h8H,3-7H2,1-2H3,(H,11,13). The first-order valence-electron chi connectivity index (χ1n) is 5.23. The van der Waals surface area contributed by atoms with Gasteiger partial charge in [-0.3, -0.25) is 9.59 Å². The average molecular weight is 198 g/mol. The van der Waals surface area contributed by atoms with Gasteiger partial charge in [0.05, 0.1) is 0 Å². The van der Waals surface area contributed by atoms with Crippen molar-refractivity contribution in [2.75, 3.05) is 13.1 Å². The zero-order chi connectivity index (χ0) is 10.6. The van der Waals surface area contributed by atoms with Crippen molar-refractivity contribution in [2.45, 2.75) is 39.2 Å². The second kappa shape index (κ2) is 4.98. The lowest BCUT2D eigenvalue weighted by molar-refractivity contribution is -0.135. The van der Waals surface area contributed by atoms with Gasteiger partial charge in [0.15, 0.2) is 0 Å². The van der Waals surface area contributed by atoms with E-state index in [1.165, 1.54) is 0 Å². The van der Waals surface area contributed by atoms with Crippen LogP contribution in [0.2, 0.25) is 0 Å². The number of carbonyl (C=O) groups is 2. The van der Waals surface area contributed by atoms with E-state index in [-0.39, 0.29) is 17.9 Å². The Bertz CT molecular complexity index is 222. The lowest BCUT2D eigenvalue weighted by Crippen LogP contribution is -2.45. The summed E-state index contributed by atoms with van der Waals surface area (Å²) in [5.41, 5.74) is 0. The maximum atomic E-state index is 11.7. The lowest BCUT2D eigenvalue weighted by Gasteiger charge is -2.20. The highest BCUT2D eigenvalue weighted by atomic mass is 16.2. The maximum absolute atomic E-state index is 11.7. The predicted molar refractivity (Wildman–Crippen MR) is 53.7 cm³/mol. The molecule has 1 N–H and O–H groups in total. The molecule has 2 amide bonds. The molecule has 1 fully saturated rings. The van der Waals surface area contributed by atoms with Gasteiger partial charge in [-0.25, -0.2) is 0 Å². The van der Waals surface area contributed by atoms with Crippen LogP contribution in [0, 0.1) is 0 Å². The van der Waals surface area contributed by atoms with E-state index in [1.807, 2.05) is 4.90 Å². The summed E-state index contributed by atoms with van der Waals surface area (Å²) >= 11 is 0. The number of carbonyl (C=O) groups excluding carboxylic acids is 2. The van der Waals surface area contributed by atoms with E-state index < -0.39 is 0 Å². The van der Waals surface area contributed by atoms with Crippen LogP contribution < -0.4 is 5.32 Å². The van der Waals surface area contributed by atoms with Gasteiger partial charge in [-0.1, -0.05) is 6.92 Å². The number of hydrogen-bond acceptors (Lipinski definition) is 2. The molecular weight excluding hydrogens is 180 g/mol. The van der Waals surface area contributed by atoms with Crippen molar-refractivity contribution in [3.63, 3.8) is 0 Å². The molecule has 1 atom stereocenters. The minimum absolute atomic E-state index is 0.0456. The van der Waals surface area contributed by atoms with Gasteiger partial charge in [-0.15, -0.1) is 0 Å². The molecular formula is C10H18N2O2. The Hall–Kier alpha value is -1.06. The minimum Gasteiger partial charge on any atom is -0.345 e. The molecule has 1 heterocycles. The summed E-state index contributed by atoms with van der Waals surface area (Å²) in [6, 6.07) is -0.374. The highest BCUT2D eigenvalue weighted by molar-refractivity contribution is 5.87. The van der Waals surface area contributed by atoms with Crippen LogP contribution in [-0.2, 0) is 9.59 Å². The monoisotopic (exact) mass is 198 g/mol. The van der Waals surface area contributed by atoms with Crippen LogP contribution in [0.15, 0.2) is 0 Å². The molecule has 4 heteroatoms. The molecule has 0 spiro atoms. The van der Waals surface area contributed by atoms with E-state index in [4.69, 9.17) is 0 Å². The molecule has 80 valence electrons. The molecule has 14 heavy (non-hydrogen) atoms. The van der Waals surface area contributed by atoms with Gasteiger partial charge < -0.3 is 10.2 Å². The van der Waals surface area contributed by atoms with E-state index in [1.54, 1.807) is 13.8 Å². The molecule has 0 aromatic carbocycles. The fourth-order valence-electron chi connectivity index (χ4n) is 1.62. The fraction of sp³-hybridized carbons (Fsp3) is 0.800. The summed E-state index contributed by atoms with van der Waals surface area (Å²) in [6.45, 7) is 5.20. The molecule has 1 aliphatic heterocycles. The van der Waals surface area contributed by atoms with Crippen LogP contribution in [0.25, 0.3) is 0 Å². The molecule has 0 aliphatic carbocycles. The zero-order valence-electron chi connectivity index (χ0n) is 8.88. The smallest absolute Gasteiger partial charge is 0.244 e. The Morgan fingerprint density at radius 1 is 1.36 bits per heavy atom. The molecule has 4 nitrogen and oxygen atoms in total. The van der Waals surface area contributed by atoms with Crippen molar-refractivity contribution < 1.29 is 9.59 Å². The van der Waals surface area contributed by atoms with E-state index in [2.05, 4.69) is 5.32 Å². The molecule has 0 bridgehead atoms. The Labute approximate surface area is 84.7 Å². The number of nitrogens with zero attached hydrogens (tertiary/aromatic N) is 1. The Morgan fingerprint density at radius 2 is 1.93 bits per heavy atom. The average Bonchev–Trinajstić information content (AvgIpc) is 2.69. The van der Waals surface area contributed by atoms with Gasteiger partial charge in [0, 0.05) is 19.5 Å². The van der Waals surface area contributed by atoms with E-state index in [9.17, 15) is 9.59 Å². The van der Waals surface area contributed by atoms with E-state index in [0.717, 1.165) is 25.9 Å². The molecule has 1 unspecified atom stereocenters. The topological polar surface area (TPSA) is 49.4 Å². The number of hydrogen-bond donors (Lipinski definition) is 1. The second-order valence-corrected chi connectivity index (χ2v) is 3.68. The SMILES string of the molecule is CCC(=O)NC(C)C(=O)N1CCCC1. The van der Waals surface area contributed by atoms with Gasteiger partial charge in [0.25, 0.3) is 0 Å². The van der Waals surface area contributed by atoms with Crippen LogP contribution in [0.4, 0.5) is 0 Å². The predicted octanol–water partition coefficient (Wildman–Crippen LogP) is 0.523. The highest BCUT2D eigenvalue weighted by Crippen LogP contribution is 2.08. The molecule has 0 saturated carbocycles. The molecule has 1 aliphatic rings. The Balaban J connectivity index is 2.39. The lowest BCUT2D eigenvalue weighted by atomic mass is 10.3. The normalized spacial score (nSPS) is 18.0. The van der Waals surface area contributed by atoms with E-state index >= 15 is 0 Å². The van der Waals surface area contributed by atoms with Crippen molar-refractivity contribution in [3.05, 3.63) is 0 Å². The summed E-state index contributed by atoms with van der Waals surface area (Å²) in [5.74, 6) is -0.0191. The van der Waals surface area contributed by atoms with Crippen molar-refractivity contribution in [2.24, 2.45) is 0 Å². The van der Waals surface area contributed by atoms with Crippen LogP contribution in [0.5, 0.6) is 0 Å². The minimum atomic E-state index is -0.374. The summed E-state index contributed by atoms with van der Waals surface area (Å²) < 4.78 is 0. The molecule has 1 rings (SSSR count). The third-order valence-electron chi connectivity index (χ3n) is 2.49. The van der Waals surface area contributed by atoms with E-state index in [0.29, 0.717) is 6.42 Å². The van der Waals surface area contributed by atoms with Gasteiger partial charge in [0.1, 0.15) is 6.04 Å². The maximum Gasteiger partial charge on any atom is 0.244 e. The molecule has 0 aromatic heterocycles. The first-order valence-corrected chi connectivity index (χ1v) is 5.23. The largest absolute Gasteiger partial charge is 0.345 e. The van der Waals surface area contributed by atoms with Gasteiger partial charge in [0.2, 0.25) is 11.8 Å². The van der Waals surface area contributed by atoms with Gasteiger partial charge in [-0.05, 0) is 19.8 Å². The van der Waals surface area contributed by atoms with Crippen LogP contribution in [0.3, 0.4) is 0 Å². The van der Waals surface area contributed by atoms with Gasteiger partial charge in [-0.2, -0.15) is 0 Å². The summed E-state index contributed by atoms with van der Waals surface area (Å²) in [4.78, 5) is 24.6. The Morgan fingerprint density at radius 3 is 2.43 bits per heavy atom. The second-order valence-electron chi connectivity index (χ2n) is 3.68. The Kier molecular flexibility index (Phi) is 3.92. The van der Waals surface area contributed by atoms with Crippen LogP contribution in [-0.4, -0.2) is 35.8 Å². The quantitative estimate of drug-likeness (QED) is 0.719. The first kappa shape index (κ1) is 11.0. The van der Waals surface area contributed by atoms with Crippen molar-refractivity contribution in [3.8, 4) is 0 Å². The first-order chi connectivity index (χ1) is 6.65. The summed E-state index contributed by atoms with van der Waals surface area (Å²) in [5, 5.41) is 2.68. The third-order valence-corrected chi connectivity index (χ3v) is 2.49. The summed E-state index contributed by atoms with van der Waals surface area (Å²) in [6.07, 6.45) is 2.60. The van der Waals surface area contributed by atoms with Crippen molar-refractivity contribution >= 4 is 11.8 Å². The van der Waals surface area contributed by atoms with Crippen molar-refractivity contribution in [1.82, 2.24) is 10.2 Å². The number of amides is 2. The highest BCUT2D eigenvalue weighted by Gasteiger charge is 2.23. The third kappa shape index (κ3) is 2.72. The van der Waals surface area contributed by atoms with Crippen LogP contribution in [0.1, 0.15) is 33.1 Å². The molecule has 1 saturated heterocycles. The summed E-state index contributed by atoms with van der Waals surface area (Å²) in [7, 11) is 0. The van der Waals surface area contributed by atoms with Gasteiger partial charge >= 0.3 is 0 Å². The van der Waals surface area contributed by atoms with Crippen LogP contribution >= 0.6 is 0 Å². The number of rotatable bonds is 3. The number of likely N-dealkylation sites (tertiary alicyclic amines) is 1. The molecule has 0 aromatic rings. The molecule has 0 radical (unpaired) electrons. The fourth-order valence-corrected chi connectivity index (χ4v) is 1.62. The number of nitrogens with one attached hydrogen (secondary N) is 1. The van der Waals surface area contributed by atoms with Crippen molar-refractivity contribution in [1.29, 1.82) is 0 Å². The zero-order valence-corrected chi connectivity index (χ0v) is 8.88.